The molecule has 3 aromatic rings. The minimum Gasteiger partial charge on any atom is -0.497 e. The molecule has 2 aromatic heterocycles. The van der Waals surface area contributed by atoms with Gasteiger partial charge >= 0.3 is 0 Å². The number of anilines is 1. The fourth-order valence-electron chi connectivity index (χ4n) is 3.54. The van der Waals surface area contributed by atoms with E-state index in [1.165, 1.54) is 20.2 Å². The Morgan fingerprint density at radius 1 is 1.19 bits per heavy atom. The van der Waals surface area contributed by atoms with Gasteiger partial charge in [-0.3, -0.25) is 4.79 Å². The van der Waals surface area contributed by atoms with E-state index in [2.05, 4.69) is 34.3 Å². The molecule has 1 amide bonds. The summed E-state index contributed by atoms with van der Waals surface area (Å²) in [5.74, 6) is 0.831. The maximum absolute atomic E-state index is 12.6. The number of hydrogen-bond donors (Lipinski definition) is 2. The SMILES string of the molecule is COc1ccc(NC(=O)C[NH+]2CCc3sccc3[C@H]2c2cccs2)cc1. The molecule has 1 aliphatic rings. The molecule has 0 saturated heterocycles. The molecule has 1 aliphatic heterocycles. The summed E-state index contributed by atoms with van der Waals surface area (Å²) in [5.41, 5.74) is 2.19. The van der Waals surface area contributed by atoms with Crippen molar-refractivity contribution in [3.63, 3.8) is 0 Å². The van der Waals surface area contributed by atoms with E-state index in [1.807, 2.05) is 35.6 Å². The highest BCUT2D eigenvalue weighted by atomic mass is 32.1. The lowest BCUT2D eigenvalue weighted by atomic mass is 9.98. The summed E-state index contributed by atoms with van der Waals surface area (Å²) in [6, 6.07) is 14.2. The second-order valence-electron chi connectivity index (χ2n) is 6.36. The lowest BCUT2D eigenvalue weighted by Gasteiger charge is -2.31. The monoisotopic (exact) mass is 385 g/mol. The minimum absolute atomic E-state index is 0.0467. The molecule has 2 N–H and O–H groups in total. The van der Waals surface area contributed by atoms with Crippen LogP contribution in [0, 0.1) is 0 Å². The van der Waals surface area contributed by atoms with E-state index in [1.54, 1.807) is 18.4 Å². The van der Waals surface area contributed by atoms with Gasteiger partial charge in [-0.2, -0.15) is 0 Å². The van der Waals surface area contributed by atoms with Crippen LogP contribution in [-0.4, -0.2) is 26.1 Å². The highest BCUT2D eigenvalue weighted by molar-refractivity contribution is 7.10. The smallest absolute Gasteiger partial charge is 0.279 e. The van der Waals surface area contributed by atoms with E-state index >= 15 is 0 Å². The average Bonchev–Trinajstić information content (AvgIpc) is 3.34. The van der Waals surface area contributed by atoms with Crippen molar-refractivity contribution in [1.29, 1.82) is 0 Å². The van der Waals surface area contributed by atoms with Crippen molar-refractivity contribution < 1.29 is 14.4 Å². The number of carbonyl (C=O) groups excluding carboxylic acids is 1. The number of thiophene rings is 2. The summed E-state index contributed by atoms with van der Waals surface area (Å²) in [6.07, 6.45) is 1.04. The normalized spacial score (nSPS) is 19.0. The first-order chi connectivity index (χ1) is 12.7. The molecule has 1 unspecified atom stereocenters. The number of methoxy groups -OCH3 is 1. The molecule has 6 heteroatoms. The summed E-state index contributed by atoms with van der Waals surface area (Å²) in [5, 5.41) is 7.30. The number of amides is 1. The molecule has 2 atom stereocenters. The second kappa shape index (κ2) is 7.61. The maximum Gasteiger partial charge on any atom is 0.279 e. The van der Waals surface area contributed by atoms with Crippen molar-refractivity contribution in [1.82, 2.24) is 0 Å². The van der Waals surface area contributed by atoms with Crippen LogP contribution in [0.1, 0.15) is 21.4 Å². The molecular formula is C20H21N2O2S2+. The van der Waals surface area contributed by atoms with Gasteiger partial charge < -0.3 is 15.0 Å². The van der Waals surface area contributed by atoms with E-state index in [-0.39, 0.29) is 11.9 Å². The zero-order valence-corrected chi connectivity index (χ0v) is 16.2. The molecular weight excluding hydrogens is 364 g/mol. The Morgan fingerprint density at radius 3 is 2.77 bits per heavy atom. The number of ether oxygens (including phenoxy) is 1. The third-order valence-corrected chi connectivity index (χ3v) is 6.70. The fraction of sp³-hybridized carbons (Fsp3) is 0.250. The first-order valence-electron chi connectivity index (χ1n) is 8.63. The minimum atomic E-state index is 0.0467. The maximum atomic E-state index is 12.6. The summed E-state index contributed by atoms with van der Waals surface area (Å²) < 4.78 is 5.16. The molecule has 4 rings (SSSR count). The van der Waals surface area contributed by atoms with Crippen LogP contribution in [0.15, 0.2) is 53.2 Å². The van der Waals surface area contributed by atoms with Crippen LogP contribution in [0.25, 0.3) is 0 Å². The van der Waals surface area contributed by atoms with E-state index in [4.69, 9.17) is 4.74 Å². The molecule has 0 saturated carbocycles. The number of carbonyl (C=O) groups is 1. The summed E-state index contributed by atoms with van der Waals surface area (Å²) in [6.45, 7) is 1.44. The first-order valence-corrected chi connectivity index (χ1v) is 10.4. The summed E-state index contributed by atoms with van der Waals surface area (Å²) >= 11 is 3.61. The van der Waals surface area contributed by atoms with Gasteiger partial charge in [-0.15, -0.1) is 22.7 Å². The Hall–Kier alpha value is -2.15. The lowest BCUT2D eigenvalue weighted by Crippen LogP contribution is -3.14. The molecule has 26 heavy (non-hydrogen) atoms. The molecule has 0 aliphatic carbocycles. The summed E-state index contributed by atoms with van der Waals surface area (Å²) in [4.78, 5) is 16.7. The standard InChI is InChI=1S/C20H20N2O2S2/c1-24-15-6-4-14(5-7-15)21-19(23)13-22-10-8-17-16(9-12-26-17)20(22)18-3-2-11-25-18/h2-7,9,11-12,20H,8,10,13H2,1H3,(H,21,23)/p+1/t20-/m0/s1. The van der Waals surface area contributed by atoms with Crippen LogP contribution in [0.3, 0.4) is 0 Å². The number of rotatable bonds is 5. The van der Waals surface area contributed by atoms with Crippen molar-refractivity contribution in [2.75, 3.05) is 25.5 Å². The number of hydrogen-bond acceptors (Lipinski definition) is 4. The Bertz CT molecular complexity index is 872. The van der Waals surface area contributed by atoms with Crippen LogP contribution in [0.4, 0.5) is 5.69 Å². The van der Waals surface area contributed by atoms with Gasteiger partial charge in [0.15, 0.2) is 6.54 Å². The van der Waals surface area contributed by atoms with Crippen LogP contribution in [0.5, 0.6) is 5.75 Å². The van der Waals surface area contributed by atoms with Gasteiger partial charge in [-0.1, -0.05) is 6.07 Å². The predicted molar refractivity (Wildman–Crippen MR) is 107 cm³/mol. The quantitative estimate of drug-likeness (QED) is 0.709. The third kappa shape index (κ3) is 3.53. The van der Waals surface area contributed by atoms with E-state index < -0.39 is 0 Å². The van der Waals surface area contributed by atoms with Crippen LogP contribution < -0.4 is 15.0 Å². The van der Waals surface area contributed by atoms with Gasteiger partial charge in [-0.25, -0.2) is 0 Å². The second-order valence-corrected chi connectivity index (χ2v) is 8.34. The number of quaternary nitrogens is 1. The highest BCUT2D eigenvalue weighted by Gasteiger charge is 2.35. The van der Waals surface area contributed by atoms with Crippen molar-refractivity contribution in [2.45, 2.75) is 12.5 Å². The molecule has 0 bridgehead atoms. The van der Waals surface area contributed by atoms with Crippen molar-refractivity contribution in [3.8, 4) is 5.75 Å². The zero-order chi connectivity index (χ0) is 17.9. The number of nitrogens with one attached hydrogen (secondary N) is 2. The Kier molecular flexibility index (Phi) is 5.06. The fourth-order valence-corrected chi connectivity index (χ4v) is 5.36. The van der Waals surface area contributed by atoms with Crippen LogP contribution >= 0.6 is 22.7 Å². The molecule has 0 radical (unpaired) electrons. The van der Waals surface area contributed by atoms with Gasteiger partial charge in [-0.05, 0) is 47.2 Å². The predicted octanol–water partition coefficient (Wildman–Crippen LogP) is 2.99. The Balaban J connectivity index is 1.50. The topological polar surface area (TPSA) is 42.8 Å². The zero-order valence-electron chi connectivity index (χ0n) is 14.5. The number of benzene rings is 1. The van der Waals surface area contributed by atoms with Gasteiger partial charge in [0.2, 0.25) is 0 Å². The van der Waals surface area contributed by atoms with Crippen molar-refractivity contribution >= 4 is 34.3 Å². The lowest BCUT2D eigenvalue weighted by molar-refractivity contribution is -0.919. The molecule has 3 heterocycles. The van der Waals surface area contributed by atoms with Crippen LogP contribution in [0.2, 0.25) is 0 Å². The van der Waals surface area contributed by atoms with Gasteiger partial charge in [0.05, 0.1) is 18.5 Å². The average molecular weight is 386 g/mol. The molecule has 0 spiro atoms. The van der Waals surface area contributed by atoms with E-state index in [0.29, 0.717) is 6.54 Å². The van der Waals surface area contributed by atoms with Crippen molar-refractivity contribution in [2.24, 2.45) is 0 Å². The number of fused-ring (bicyclic) bond motifs is 1. The third-order valence-electron chi connectivity index (χ3n) is 4.76. The van der Waals surface area contributed by atoms with Gasteiger partial charge in [0.25, 0.3) is 5.91 Å². The van der Waals surface area contributed by atoms with Gasteiger partial charge in [0.1, 0.15) is 11.8 Å². The molecule has 134 valence electrons. The van der Waals surface area contributed by atoms with E-state index in [0.717, 1.165) is 24.4 Å². The molecule has 0 fully saturated rings. The summed E-state index contributed by atoms with van der Waals surface area (Å²) in [7, 11) is 1.64. The first kappa shape index (κ1) is 17.3. The Labute approximate surface area is 161 Å². The van der Waals surface area contributed by atoms with E-state index in [9.17, 15) is 4.79 Å². The van der Waals surface area contributed by atoms with Crippen LogP contribution in [-0.2, 0) is 11.2 Å². The highest BCUT2D eigenvalue weighted by Crippen LogP contribution is 2.31. The Morgan fingerprint density at radius 2 is 2.04 bits per heavy atom. The largest absolute Gasteiger partial charge is 0.497 e. The van der Waals surface area contributed by atoms with Gasteiger partial charge in [0, 0.05) is 22.5 Å². The van der Waals surface area contributed by atoms with Crippen molar-refractivity contribution in [3.05, 3.63) is 68.5 Å². The molecule has 1 aromatic carbocycles. The molecule has 4 nitrogen and oxygen atoms in total.